The highest BCUT2D eigenvalue weighted by atomic mass is 16.5. The average molecular weight is 406 g/mol. The van der Waals surface area contributed by atoms with Gasteiger partial charge in [0.2, 0.25) is 0 Å². The second kappa shape index (κ2) is 9.31. The molecule has 1 aromatic heterocycles. The number of amides is 1. The molecule has 1 heterocycles. The zero-order chi connectivity index (χ0) is 21.7. The highest BCUT2D eigenvalue weighted by Crippen LogP contribution is 2.30. The van der Waals surface area contributed by atoms with Crippen LogP contribution in [0.4, 0.5) is 5.69 Å². The highest BCUT2D eigenvalue weighted by Gasteiger charge is 2.12. The van der Waals surface area contributed by atoms with Crippen LogP contribution in [0.1, 0.15) is 28.1 Å². The first-order chi connectivity index (χ1) is 14.4. The van der Waals surface area contributed by atoms with Crippen molar-refractivity contribution in [2.45, 2.75) is 27.4 Å². The summed E-state index contributed by atoms with van der Waals surface area (Å²) in [7, 11) is 3.34. The molecule has 0 atom stereocenters. The van der Waals surface area contributed by atoms with Gasteiger partial charge in [0.1, 0.15) is 12.4 Å². The maximum Gasteiger partial charge on any atom is 0.250 e. The third-order valence-electron chi connectivity index (χ3n) is 4.88. The van der Waals surface area contributed by atoms with Crippen LogP contribution in [0.25, 0.3) is 6.08 Å². The second-order valence-corrected chi connectivity index (χ2v) is 7.07. The number of ether oxygens (including phenoxy) is 2. The summed E-state index contributed by atoms with van der Waals surface area (Å²) in [6.45, 7) is 6.07. The van der Waals surface area contributed by atoms with Crippen LogP contribution in [0, 0.1) is 20.8 Å². The number of aromatic nitrogens is 1. The number of benzene rings is 2. The number of rotatable bonds is 7. The summed E-state index contributed by atoms with van der Waals surface area (Å²) in [5.41, 5.74) is 4.52. The van der Waals surface area contributed by atoms with E-state index in [2.05, 4.69) is 5.16 Å². The Morgan fingerprint density at radius 1 is 1.13 bits per heavy atom. The summed E-state index contributed by atoms with van der Waals surface area (Å²) in [6, 6.07) is 13.3. The lowest BCUT2D eigenvalue weighted by molar-refractivity contribution is -0.113. The van der Waals surface area contributed by atoms with E-state index in [0.717, 1.165) is 33.8 Å². The number of anilines is 1. The number of hydrogen-bond donors (Lipinski definition) is 0. The van der Waals surface area contributed by atoms with Crippen LogP contribution in [-0.4, -0.2) is 25.2 Å². The Morgan fingerprint density at radius 3 is 2.60 bits per heavy atom. The van der Waals surface area contributed by atoms with Crippen LogP contribution in [-0.2, 0) is 11.4 Å². The molecule has 0 bridgehead atoms. The summed E-state index contributed by atoms with van der Waals surface area (Å²) >= 11 is 0. The fraction of sp³-hybridized carbons (Fsp3) is 0.250. The topological polar surface area (TPSA) is 64.8 Å². The second-order valence-electron chi connectivity index (χ2n) is 7.07. The molecule has 0 aliphatic rings. The number of carbonyl (C=O) groups excluding carboxylic acids is 1. The zero-order valence-corrected chi connectivity index (χ0v) is 17.9. The molecule has 0 unspecified atom stereocenters. The average Bonchev–Trinajstić information content (AvgIpc) is 3.07. The van der Waals surface area contributed by atoms with E-state index < -0.39 is 0 Å². The molecule has 1 amide bonds. The van der Waals surface area contributed by atoms with Gasteiger partial charge in [-0.2, -0.15) is 0 Å². The third kappa shape index (κ3) is 4.89. The maximum absolute atomic E-state index is 12.5. The van der Waals surface area contributed by atoms with Crippen molar-refractivity contribution in [2.24, 2.45) is 0 Å². The molecular weight excluding hydrogens is 380 g/mol. The number of aryl methyl sites for hydroxylation is 3. The van der Waals surface area contributed by atoms with Crippen LogP contribution < -0.4 is 14.4 Å². The van der Waals surface area contributed by atoms with Crippen molar-refractivity contribution in [1.82, 2.24) is 5.16 Å². The van der Waals surface area contributed by atoms with Crippen molar-refractivity contribution in [1.29, 1.82) is 0 Å². The summed E-state index contributed by atoms with van der Waals surface area (Å²) in [4.78, 5) is 14.1. The largest absolute Gasteiger partial charge is 0.493 e. The molecule has 0 N–H and O–H groups in total. The van der Waals surface area contributed by atoms with Crippen molar-refractivity contribution in [3.05, 3.63) is 76.7 Å². The Bertz CT molecular complexity index is 1050. The molecule has 156 valence electrons. The van der Waals surface area contributed by atoms with Crippen molar-refractivity contribution in [3.63, 3.8) is 0 Å². The Balaban J connectivity index is 1.70. The first-order valence-electron chi connectivity index (χ1n) is 9.64. The van der Waals surface area contributed by atoms with Gasteiger partial charge in [-0.3, -0.25) is 4.79 Å². The Kier molecular flexibility index (Phi) is 6.57. The molecule has 0 fully saturated rings. The van der Waals surface area contributed by atoms with E-state index in [9.17, 15) is 4.79 Å². The predicted octanol–water partition coefficient (Wildman–Crippen LogP) is 4.86. The van der Waals surface area contributed by atoms with Crippen LogP contribution >= 0.6 is 0 Å². The van der Waals surface area contributed by atoms with Crippen molar-refractivity contribution in [2.75, 3.05) is 19.1 Å². The van der Waals surface area contributed by atoms with E-state index in [0.29, 0.717) is 18.1 Å². The normalized spacial score (nSPS) is 11.0. The lowest BCUT2D eigenvalue weighted by Gasteiger charge is -2.15. The molecule has 0 aliphatic heterocycles. The first kappa shape index (κ1) is 21.2. The number of likely N-dealkylation sites (N-methyl/N-ethyl adjacent to an activating group) is 1. The molecule has 0 radical (unpaired) electrons. The fourth-order valence-electron chi connectivity index (χ4n) is 3.01. The van der Waals surface area contributed by atoms with Crippen LogP contribution in [0.3, 0.4) is 0 Å². The monoisotopic (exact) mass is 406 g/mol. The number of methoxy groups -OCH3 is 1. The fourth-order valence-corrected chi connectivity index (χ4v) is 3.01. The summed E-state index contributed by atoms with van der Waals surface area (Å²) in [6.07, 6.45) is 3.30. The Labute approximate surface area is 176 Å². The van der Waals surface area contributed by atoms with Gasteiger partial charge in [0.15, 0.2) is 11.5 Å². The smallest absolute Gasteiger partial charge is 0.250 e. The van der Waals surface area contributed by atoms with Crippen molar-refractivity contribution in [3.8, 4) is 11.5 Å². The quantitative estimate of drug-likeness (QED) is 0.524. The van der Waals surface area contributed by atoms with E-state index in [1.165, 1.54) is 0 Å². The predicted molar refractivity (Wildman–Crippen MR) is 117 cm³/mol. The molecule has 3 aromatic rings. The van der Waals surface area contributed by atoms with E-state index in [4.69, 9.17) is 14.0 Å². The van der Waals surface area contributed by atoms with Crippen LogP contribution in [0.2, 0.25) is 0 Å². The van der Waals surface area contributed by atoms with E-state index >= 15 is 0 Å². The highest BCUT2D eigenvalue weighted by molar-refractivity contribution is 6.03. The van der Waals surface area contributed by atoms with E-state index in [1.54, 1.807) is 31.2 Å². The summed E-state index contributed by atoms with van der Waals surface area (Å²) in [5, 5.41) is 3.94. The molecule has 0 saturated heterocycles. The minimum atomic E-state index is -0.113. The van der Waals surface area contributed by atoms with Gasteiger partial charge in [0, 0.05) is 18.8 Å². The molecule has 30 heavy (non-hydrogen) atoms. The molecule has 2 aromatic carbocycles. The lowest BCUT2D eigenvalue weighted by atomic mass is 10.1. The molecule has 3 rings (SSSR count). The molecular formula is C24H26N2O4. The summed E-state index contributed by atoms with van der Waals surface area (Å²) < 4.78 is 16.5. The standard InChI is InChI=1S/C24H26N2O4/c1-16-7-6-8-20(13-16)26(4)24(27)12-10-19-9-11-22(23(14-19)28-5)29-15-21-17(2)25-30-18(21)3/h6-14H,15H2,1-5H3. The number of nitrogens with zero attached hydrogens (tertiary/aromatic N) is 2. The third-order valence-corrected chi connectivity index (χ3v) is 4.88. The van der Waals surface area contributed by atoms with Gasteiger partial charge in [-0.15, -0.1) is 0 Å². The molecule has 6 nitrogen and oxygen atoms in total. The van der Waals surface area contributed by atoms with E-state index in [-0.39, 0.29) is 5.91 Å². The van der Waals surface area contributed by atoms with Crippen molar-refractivity contribution < 1.29 is 18.8 Å². The number of carbonyl (C=O) groups is 1. The number of hydrogen-bond acceptors (Lipinski definition) is 5. The van der Waals surface area contributed by atoms with Crippen molar-refractivity contribution >= 4 is 17.7 Å². The van der Waals surface area contributed by atoms with Gasteiger partial charge in [0.05, 0.1) is 18.4 Å². The molecule has 0 spiro atoms. The maximum atomic E-state index is 12.5. The van der Waals surface area contributed by atoms with Gasteiger partial charge in [0.25, 0.3) is 5.91 Å². The van der Waals surface area contributed by atoms with Gasteiger partial charge in [-0.05, 0) is 62.2 Å². The first-order valence-corrected chi connectivity index (χ1v) is 9.64. The SMILES string of the molecule is COc1cc(C=CC(=O)N(C)c2cccc(C)c2)ccc1OCc1c(C)noc1C. The van der Waals surface area contributed by atoms with Crippen LogP contribution in [0.5, 0.6) is 11.5 Å². The molecule has 0 aliphatic carbocycles. The van der Waals surface area contributed by atoms with Crippen LogP contribution in [0.15, 0.2) is 53.1 Å². The van der Waals surface area contributed by atoms with E-state index in [1.807, 2.05) is 63.2 Å². The minimum absolute atomic E-state index is 0.113. The summed E-state index contributed by atoms with van der Waals surface area (Å²) in [5.74, 6) is 1.82. The molecule has 0 saturated carbocycles. The van der Waals surface area contributed by atoms with Gasteiger partial charge in [-0.25, -0.2) is 0 Å². The minimum Gasteiger partial charge on any atom is -0.493 e. The molecule has 6 heteroatoms. The Morgan fingerprint density at radius 2 is 1.93 bits per heavy atom. The van der Waals surface area contributed by atoms with Gasteiger partial charge >= 0.3 is 0 Å². The van der Waals surface area contributed by atoms with Gasteiger partial charge < -0.3 is 18.9 Å². The zero-order valence-electron chi connectivity index (χ0n) is 17.9. The lowest BCUT2D eigenvalue weighted by Crippen LogP contribution is -2.23. The van der Waals surface area contributed by atoms with Gasteiger partial charge in [-0.1, -0.05) is 23.4 Å². The Hall–Kier alpha value is -3.54.